The molecule has 0 heterocycles. The monoisotopic (exact) mass is 537 g/mol. The second-order valence-corrected chi connectivity index (χ2v) is 10.9. The Morgan fingerprint density at radius 1 is 0.921 bits per heavy atom. The summed E-state index contributed by atoms with van der Waals surface area (Å²) in [5.74, 6) is -0.208. The van der Waals surface area contributed by atoms with Crippen LogP contribution in [-0.2, 0) is 26.2 Å². The largest absolute Gasteiger partial charge is 0.497 e. The molecule has 0 fully saturated rings. The molecule has 0 aromatic heterocycles. The van der Waals surface area contributed by atoms with E-state index in [0.717, 1.165) is 16.3 Å². The number of rotatable bonds is 12. The van der Waals surface area contributed by atoms with Crippen molar-refractivity contribution in [1.82, 2.24) is 10.2 Å². The van der Waals surface area contributed by atoms with Crippen molar-refractivity contribution in [1.29, 1.82) is 0 Å². The van der Waals surface area contributed by atoms with Crippen LogP contribution in [0.3, 0.4) is 0 Å². The van der Waals surface area contributed by atoms with Crippen molar-refractivity contribution in [2.45, 2.75) is 50.7 Å². The van der Waals surface area contributed by atoms with Gasteiger partial charge in [0.05, 0.1) is 17.7 Å². The van der Waals surface area contributed by atoms with Gasteiger partial charge in [0.2, 0.25) is 11.8 Å². The number of benzene rings is 3. The van der Waals surface area contributed by atoms with Crippen molar-refractivity contribution >= 4 is 27.5 Å². The molecular formula is C29H35N3O5S. The van der Waals surface area contributed by atoms with Crippen molar-refractivity contribution in [3.63, 3.8) is 0 Å². The summed E-state index contributed by atoms with van der Waals surface area (Å²) in [6, 6.07) is 22.7. The molecule has 0 saturated heterocycles. The molecule has 1 N–H and O–H groups in total. The van der Waals surface area contributed by atoms with Crippen LogP contribution in [0.4, 0.5) is 5.69 Å². The molecular weight excluding hydrogens is 502 g/mol. The molecule has 0 aliphatic rings. The Bertz CT molecular complexity index is 1320. The molecule has 9 heteroatoms. The third kappa shape index (κ3) is 7.13. The van der Waals surface area contributed by atoms with Gasteiger partial charge in [0, 0.05) is 12.6 Å². The van der Waals surface area contributed by atoms with Gasteiger partial charge < -0.3 is 15.0 Å². The number of hydrogen-bond donors (Lipinski definition) is 1. The minimum atomic E-state index is -4.07. The first kappa shape index (κ1) is 28.7. The second kappa shape index (κ2) is 13.1. The van der Waals surface area contributed by atoms with Gasteiger partial charge in [-0.25, -0.2) is 8.42 Å². The molecule has 0 radical (unpaired) electrons. The van der Waals surface area contributed by atoms with Crippen LogP contribution in [0.1, 0.15) is 32.8 Å². The molecule has 3 aromatic carbocycles. The van der Waals surface area contributed by atoms with E-state index in [1.807, 2.05) is 19.9 Å². The van der Waals surface area contributed by atoms with E-state index in [0.29, 0.717) is 11.4 Å². The van der Waals surface area contributed by atoms with Crippen molar-refractivity contribution in [3.05, 3.63) is 90.5 Å². The van der Waals surface area contributed by atoms with Crippen LogP contribution in [0.2, 0.25) is 0 Å². The number of carbonyl (C=O) groups is 2. The normalized spacial score (nSPS) is 12.7. The highest BCUT2D eigenvalue weighted by Crippen LogP contribution is 2.24. The fraction of sp³-hybridized carbons (Fsp3) is 0.310. The van der Waals surface area contributed by atoms with Crippen LogP contribution >= 0.6 is 0 Å². The van der Waals surface area contributed by atoms with Gasteiger partial charge in [0.1, 0.15) is 18.3 Å². The highest BCUT2D eigenvalue weighted by Gasteiger charge is 2.32. The van der Waals surface area contributed by atoms with Gasteiger partial charge in [-0.05, 0) is 62.2 Å². The maximum absolute atomic E-state index is 13.9. The third-order valence-corrected chi connectivity index (χ3v) is 8.10. The topological polar surface area (TPSA) is 96.0 Å². The Kier molecular flexibility index (Phi) is 9.90. The number of sulfonamides is 1. The van der Waals surface area contributed by atoms with E-state index >= 15 is 0 Å². The number of amides is 2. The minimum absolute atomic E-state index is 0.0681. The predicted octanol–water partition coefficient (Wildman–Crippen LogP) is 4.22. The SMILES string of the molecule is CC[C@H](C)NC(=O)[C@H](C)N(Cc1cccc(OC)c1)C(=O)CN(c1ccccc1)S(=O)(=O)c1ccccc1. The van der Waals surface area contributed by atoms with Crippen molar-refractivity contribution in [2.75, 3.05) is 18.0 Å². The van der Waals surface area contributed by atoms with Gasteiger partial charge in [-0.15, -0.1) is 0 Å². The molecule has 0 saturated carbocycles. The zero-order chi connectivity index (χ0) is 27.7. The number of ether oxygens (including phenoxy) is 1. The second-order valence-electron chi connectivity index (χ2n) is 9.03. The van der Waals surface area contributed by atoms with Crippen LogP contribution < -0.4 is 14.4 Å². The van der Waals surface area contributed by atoms with Gasteiger partial charge in [0.25, 0.3) is 10.0 Å². The molecule has 0 aliphatic heterocycles. The summed E-state index contributed by atoms with van der Waals surface area (Å²) in [5.41, 5.74) is 1.10. The maximum atomic E-state index is 13.9. The third-order valence-electron chi connectivity index (χ3n) is 6.31. The fourth-order valence-electron chi connectivity index (χ4n) is 3.86. The van der Waals surface area contributed by atoms with E-state index in [1.165, 1.54) is 17.0 Å². The van der Waals surface area contributed by atoms with Crippen molar-refractivity contribution in [3.8, 4) is 5.75 Å². The summed E-state index contributed by atoms with van der Waals surface area (Å²) in [6.45, 7) is 5.11. The Labute approximate surface area is 225 Å². The van der Waals surface area contributed by atoms with Gasteiger partial charge in [-0.1, -0.05) is 55.5 Å². The quantitative estimate of drug-likeness (QED) is 0.373. The molecule has 0 unspecified atom stereocenters. The van der Waals surface area contributed by atoms with Crippen LogP contribution in [0.15, 0.2) is 89.8 Å². The standard InChI is InChI=1S/C29H35N3O5S/c1-5-22(2)30-29(34)23(3)31(20-24-13-12-16-26(19-24)37-4)28(33)21-32(25-14-8-6-9-15-25)38(35,36)27-17-10-7-11-18-27/h6-19,22-23H,5,20-21H2,1-4H3,(H,30,34)/t22-,23-/m0/s1. The fourth-order valence-corrected chi connectivity index (χ4v) is 5.29. The smallest absolute Gasteiger partial charge is 0.264 e. The highest BCUT2D eigenvalue weighted by atomic mass is 32.2. The molecule has 0 spiro atoms. The molecule has 8 nitrogen and oxygen atoms in total. The molecule has 2 atom stereocenters. The van der Waals surface area contributed by atoms with E-state index in [-0.39, 0.29) is 23.4 Å². The summed E-state index contributed by atoms with van der Waals surface area (Å²) in [7, 11) is -2.52. The molecule has 38 heavy (non-hydrogen) atoms. The first-order chi connectivity index (χ1) is 18.2. The van der Waals surface area contributed by atoms with Crippen LogP contribution in [0.25, 0.3) is 0 Å². The van der Waals surface area contributed by atoms with E-state index in [4.69, 9.17) is 4.74 Å². The Morgan fingerprint density at radius 3 is 2.16 bits per heavy atom. The van der Waals surface area contributed by atoms with E-state index < -0.39 is 28.5 Å². The number of carbonyl (C=O) groups excluding carboxylic acids is 2. The zero-order valence-electron chi connectivity index (χ0n) is 22.2. The van der Waals surface area contributed by atoms with Gasteiger partial charge >= 0.3 is 0 Å². The summed E-state index contributed by atoms with van der Waals surface area (Å²) >= 11 is 0. The van der Waals surface area contributed by atoms with Crippen LogP contribution in [-0.4, -0.2) is 50.9 Å². The molecule has 202 valence electrons. The number of methoxy groups -OCH3 is 1. The van der Waals surface area contributed by atoms with E-state index in [1.54, 1.807) is 80.8 Å². The Morgan fingerprint density at radius 2 is 1.55 bits per heavy atom. The molecule has 2 amide bonds. The summed E-state index contributed by atoms with van der Waals surface area (Å²) in [6.07, 6.45) is 0.736. The van der Waals surface area contributed by atoms with Gasteiger partial charge in [-0.2, -0.15) is 0 Å². The lowest BCUT2D eigenvalue weighted by molar-refractivity contribution is -0.139. The first-order valence-corrected chi connectivity index (χ1v) is 14.0. The molecule has 0 aliphatic carbocycles. The number of hydrogen-bond acceptors (Lipinski definition) is 5. The number of nitrogens with one attached hydrogen (secondary N) is 1. The number of para-hydroxylation sites is 1. The van der Waals surface area contributed by atoms with Gasteiger partial charge in [-0.3, -0.25) is 13.9 Å². The maximum Gasteiger partial charge on any atom is 0.264 e. The minimum Gasteiger partial charge on any atom is -0.497 e. The lowest BCUT2D eigenvalue weighted by Crippen LogP contribution is -2.52. The van der Waals surface area contributed by atoms with E-state index in [2.05, 4.69) is 5.32 Å². The molecule has 3 aromatic rings. The Balaban J connectivity index is 1.99. The lowest BCUT2D eigenvalue weighted by Gasteiger charge is -2.32. The van der Waals surface area contributed by atoms with Crippen LogP contribution in [0.5, 0.6) is 5.75 Å². The van der Waals surface area contributed by atoms with Crippen molar-refractivity contribution in [2.24, 2.45) is 0 Å². The highest BCUT2D eigenvalue weighted by molar-refractivity contribution is 7.92. The number of anilines is 1. The van der Waals surface area contributed by atoms with Crippen LogP contribution in [0, 0.1) is 0 Å². The Hall–Kier alpha value is -3.85. The predicted molar refractivity (Wildman–Crippen MR) is 148 cm³/mol. The van der Waals surface area contributed by atoms with Crippen molar-refractivity contribution < 1.29 is 22.7 Å². The first-order valence-electron chi connectivity index (χ1n) is 12.5. The molecule has 3 rings (SSSR count). The average molecular weight is 538 g/mol. The average Bonchev–Trinajstić information content (AvgIpc) is 2.94. The summed E-state index contributed by atoms with van der Waals surface area (Å²) in [5, 5.41) is 2.92. The summed E-state index contributed by atoms with van der Waals surface area (Å²) in [4.78, 5) is 28.4. The number of nitrogens with zero attached hydrogens (tertiary/aromatic N) is 2. The lowest BCUT2D eigenvalue weighted by atomic mass is 10.1. The van der Waals surface area contributed by atoms with E-state index in [9.17, 15) is 18.0 Å². The molecule has 0 bridgehead atoms. The zero-order valence-corrected chi connectivity index (χ0v) is 23.0. The van der Waals surface area contributed by atoms with Gasteiger partial charge in [0.15, 0.2) is 0 Å². The summed E-state index contributed by atoms with van der Waals surface area (Å²) < 4.78 is 33.8.